The van der Waals surface area contributed by atoms with Gasteiger partial charge in [-0.15, -0.1) is 0 Å². The lowest BCUT2D eigenvalue weighted by Gasteiger charge is -2.16. The second-order valence-corrected chi connectivity index (χ2v) is 5.92. The van der Waals surface area contributed by atoms with Crippen molar-refractivity contribution in [2.24, 2.45) is 0 Å². The summed E-state index contributed by atoms with van der Waals surface area (Å²) in [4.78, 5) is 10.3. The maximum Gasteiger partial charge on any atom is 0.270 e. The molecule has 1 unspecified atom stereocenters. The molecule has 2 aromatic rings. The Morgan fingerprint density at radius 3 is 2.67 bits per heavy atom. The fourth-order valence-electron chi connectivity index (χ4n) is 1.99. The molecular weight excluding hydrogens is 356 g/mol. The van der Waals surface area contributed by atoms with Gasteiger partial charge in [-0.1, -0.05) is 45.7 Å². The van der Waals surface area contributed by atoms with Crippen molar-refractivity contribution in [3.8, 4) is 0 Å². The minimum Gasteiger partial charge on any atom is -0.306 e. The average Bonchev–Trinajstić information content (AvgIpc) is 2.46. The molecule has 110 valence electrons. The van der Waals surface area contributed by atoms with Gasteiger partial charge in [-0.05, 0) is 30.2 Å². The molecule has 0 aliphatic heterocycles. The van der Waals surface area contributed by atoms with Gasteiger partial charge < -0.3 is 5.32 Å². The number of nitrogens with zero attached hydrogens (tertiary/aromatic N) is 1. The molecule has 0 fully saturated rings. The third-order valence-corrected chi connectivity index (χ3v) is 4.30. The lowest BCUT2D eigenvalue weighted by Crippen LogP contribution is -2.18. The Labute approximate surface area is 136 Å². The van der Waals surface area contributed by atoms with Gasteiger partial charge in [0.05, 0.1) is 4.92 Å². The molecule has 0 heterocycles. The average molecular weight is 370 g/mol. The first-order valence-electron chi connectivity index (χ1n) is 6.39. The van der Waals surface area contributed by atoms with Crippen LogP contribution in [-0.4, -0.2) is 4.92 Å². The summed E-state index contributed by atoms with van der Waals surface area (Å²) in [6.07, 6.45) is 0. The van der Waals surface area contributed by atoms with Crippen molar-refractivity contribution in [2.45, 2.75) is 19.5 Å². The highest BCUT2D eigenvalue weighted by Gasteiger charge is 2.12. The van der Waals surface area contributed by atoms with Crippen LogP contribution in [0.3, 0.4) is 0 Å². The Kier molecular flexibility index (Phi) is 5.33. The van der Waals surface area contributed by atoms with E-state index in [1.54, 1.807) is 6.07 Å². The topological polar surface area (TPSA) is 55.2 Å². The summed E-state index contributed by atoms with van der Waals surface area (Å²) in [5.41, 5.74) is 2.06. The van der Waals surface area contributed by atoms with Gasteiger partial charge in [0, 0.05) is 34.2 Å². The molecule has 1 N–H and O–H groups in total. The zero-order valence-electron chi connectivity index (χ0n) is 11.3. The number of nitro benzene ring substituents is 1. The van der Waals surface area contributed by atoms with Crippen LogP contribution in [0.1, 0.15) is 24.1 Å². The van der Waals surface area contributed by atoms with Gasteiger partial charge in [-0.3, -0.25) is 10.1 Å². The van der Waals surface area contributed by atoms with E-state index < -0.39 is 4.92 Å². The highest BCUT2D eigenvalue weighted by Crippen LogP contribution is 2.25. The zero-order valence-corrected chi connectivity index (χ0v) is 13.7. The predicted molar refractivity (Wildman–Crippen MR) is 87.5 cm³/mol. The van der Waals surface area contributed by atoms with Crippen LogP contribution in [-0.2, 0) is 6.54 Å². The van der Waals surface area contributed by atoms with Gasteiger partial charge >= 0.3 is 0 Å². The summed E-state index contributed by atoms with van der Waals surface area (Å²) in [7, 11) is 0. The molecule has 6 heteroatoms. The molecule has 0 bridgehead atoms. The molecule has 2 rings (SSSR count). The number of benzene rings is 2. The first kappa shape index (κ1) is 15.9. The van der Waals surface area contributed by atoms with E-state index in [4.69, 9.17) is 11.6 Å². The van der Waals surface area contributed by atoms with Crippen molar-refractivity contribution in [1.82, 2.24) is 5.32 Å². The number of hydrogen-bond acceptors (Lipinski definition) is 3. The fourth-order valence-corrected chi connectivity index (χ4v) is 2.80. The Morgan fingerprint density at radius 2 is 2.05 bits per heavy atom. The van der Waals surface area contributed by atoms with E-state index in [0.29, 0.717) is 6.54 Å². The van der Waals surface area contributed by atoms with Crippen LogP contribution >= 0.6 is 27.5 Å². The molecule has 21 heavy (non-hydrogen) atoms. The minimum absolute atomic E-state index is 0.0739. The number of nitrogens with one attached hydrogen (secondary N) is 1. The molecular formula is C15H14BrClN2O2. The first-order chi connectivity index (χ1) is 9.99. The summed E-state index contributed by atoms with van der Waals surface area (Å²) < 4.78 is 0.718. The molecule has 2 aromatic carbocycles. The van der Waals surface area contributed by atoms with Crippen LogP contribution in [0.2, 0.25) is 5.02 Å². The molecule has 0 radical (unpaired) electrons. The van der Waals surface area contributed by atoms with E-state index >= 15 is 0 Å². The zero-order chi connectivity index (χ0) is 15.4. The minimum atomic E-state index is -0.408. The number of halogens is 2. The van der Waals surface area contributed by atoms with E-state index in [-0.39, 0.29) is 11.7 Å². The molecule has 0 saturated heterocycles. The number of non-ortho nitro benzene ring substituents is 1. The van der Waals surface area contributed by atoms with Crippen LogP contribution in [0.25, 0.3) is 0 Å². The molecule has 1 atom stereocenters. The molecule has 0 aliphatic rings. The quantitative estimate of drug-likeness (QED) is 0.605. The maximum absolute atomic E-state index is 10.7. The van der Waals surface area contributed by atoms with Crippen molar-refractivity contribution >= 4 is 33.2 Å². The van der Waals surface area contributed by atoms with E-state index in [0.717, 1.165) is 20.6 Å². The maximum atomic E-state index is 10.7. The largest absolute Gasteiger partial charge is 0.306 e. The monoisotopic (exact) mass is 368 g/mol. The fraction of sp³-hybridized carbons (Fsp3) is 0.200. The summed E-state index contributed by atoms with van der Waals surface area (Å²) in [5.74, 6) is 0. The molecule has 0 spiro atoms. The van der Waals surface area contributed by atoms with Gasteiger partial charge in [0.25, 0.3) is 5.69 Å². The van der Waals surface area contributed by atoms with Gasteiger partial charge in [-0.25, -0.2) is 0 Å². The normalized spacial score (nSPS) is 12.1. The van der Waals surface area contributed by atoms with E-state index in [1.807, 2.05) is 31.2 Å². The molecule has 4 nitrogen and oxygen atoms in total. The van der Waals surface area contributed by atoms with Crippen LogP contribution < -0.4 is 5.32 Å². The highest BCUT2D eigenvalue weighted by molar-refractivity contribution is 9.10. The van der Waals surface area contributed by atoms with Gasteiger partial charge in [0.2, 0.25) is 0 Å². The second kappa shape index (κ2) is 7.02. The van der Waals surface area contributed by atoms with E-state index in [9.17, 15) is 10.1 Å². The Morgan fingerprint density at radius 1 is 1.33 bits per heavy atom. The van der Waals surface area contributed by atoms with Gasteiger partial charge in [0.15, 0.2) is 0 Å². The number of nitro groups is 1. The third-order valence-electron chi connectivity index (χ3n) is 3.22. The van der Waals surface area contributed by atoms with Crippen molar-refractivity contribution in [2.75, 3.05) is 0 Å². The Bertz CT molecular complexity index is 664. The highest BCUT2D eigenvalue weighted by atomic mass is 79.9. The smallest absolute Gasteiger partial charge is 0.270 e. The van der Waals surface area contributed by atoms with Crippen molar-refractivity contribution in [1.29, 1.82) is 0 Å². The lowest BCUT2D eigenvalue weighted by atomic mass is 10.1. The van der Waals surface area contributed by atoms with Gasteiger partial charge in [0.1, 0.15) is 0 Å². The Balaban J connectivity index is 2.06. The number of hydrogen-bond donors (Lipinski definition) is 1. The summed E-state index contributed by atoms with van der Waals surface area (Å²) in [6.45, 7) is 2.62. The summed E-state index contributed by atoms with van der Waals surface area (Å²) in [5, 5.41) is 14.8. The molecule has 0 aromatic heterocycles. The lowest BCUT2D eigenvalue weighted by molar-refractivity contribution is -0.384. The first-order valence-corrected chi connectivity index (χ1v) is 7.56. The SMILES string of the molecule is CC(NCc1ccc([N+](=O)[O-])cc1Br)c1ccccc1Cl. The van der Waals surface area contributed by atoms with E-state index in [1.165, 1.54) is 12.1 Å². The van der Waals surface area contributed by atoms with Gasteiger partial charge in [-0.2, -0.15) is 0 Å². The van der Waals surface area contributed by atoms with Crippen LogP contribution in [0.15, 0.2) is 46.9 Å². The molecule has 0 amide bonds. The number of rotatable bonds is 5. The van der Waals surface area contributed by atoms with Crippen molar-refractivity contribution < 1.29 is 4.92 Å². The standard InChI is InChI=1S/C15H14BrClN2O2/c1-10(13-4-2-3-5-15(13)17)18-9-11-6-7-12(19(20)21)8-14(11)16/h2-8,10,18H,9H2,1H3. The Hall–Kier alpha value is -1.43. The summed E-state index contributed by atoms with van der Waals surface area (Å²) >= 11 is 9.53. The third kappa shape index (κ3) is 4.03. The van der Waals surface area contributed by atoms with Crippen molar-refractivity contribution in [3.63, 3.8) is 0 Å². The van der Waals surface area contributed by atoms with Crippen molar-refractivity contribution in [3.05, 3.63) is 73.2 Å². The van der Waals surface area contributed by atoms with Crippen LogP contribution in [0.4, 0.5) is 5.69 Å². The van der Waals surface area contributed by atoms with Crippen LogP contribution in [0, 0.1) is 10.1 Å². The second-order valence-electron chi connectivity index (χ2n) is 4.66. The molecule has 0 saturated carbocycles. The predicted octanol–water partition coefficient (Wildman–Crippen LogP) is 4.86. The molecule has 0 aliphatic carbocycles. The summed E-state index contributed by atoms with van der Waals surface area (Å²) in [6, 6.07) is 12.5. The van der Waals surface area contributed by atoms with E-state index in [2.05, 4.69) is 21.2 Å². The van der Waals surface area contributed by atoms with Crippen LogP contribution in [0.5, 0.6) is 0 Å².